The van der Waals surface area contributed by atoms with Crippen molar-refractivity contribution in [2.24, 2.45) is 0 Å². The van der Waals surface area contributed by atoms with Crippen molar-refractivity contribution in [3.63, 3.8) is 0 Å². The zero-order chi connectivity index (χ0) is 12.1. The van der Waals surface area contributed by atoms with Crippen LogP contribution in [0.4, 0.5) is 0 Å². The van der Waals surface area contributed by atoms with E-state index in [1.807, 2.05) is 0 Å². The van der Waals surface area contributed by atoms with Crippen molar-refractivity contribution < 1.29 is 4.79 Å². The maximum absolute atomic E-state index is 11.4. The third-order valence-corrected chi connectivity index (χ3v) is 2.65. The van der Waals surface area contributed by atoms with Gasteiger partial charge in [-0.15, -0.1) is 6.58 Å². The lowest BCUT2D eigenvalue weighted by Gasteiger charge is -2.20. The van der Waals surface area contributed by atoms with Gasteiger partial charge in [0.05, 0.1) is 0 Å². The van der Waals surface area contributed by atoms with Crippen LogP contribution in [-0.2, 0) is 11.3 Å². The molecule has 2 nitrogen and oxygen atoms in total. The summed E-state index contributed by atoms with van der Waals surface area (Å²) in [4.78, 5) is 13.2. The lowest BCUT2D eigenvalue weighted by Crippen LogP contribution is -2.28. The fourth-order valence-electron chi connectivity index (χ4n) is 1.69. The molecule has 0 aliphatic carbocycles. The summed E-state index contributed by atoms with van der Waals surface area (Å²) in [5, 5.41) is 0. The monoisotopic (exact) mass is 217 g/mol. The van der Waals surface area contributed by atoms with E-state index < -0.39 is 0 Å². The van der Waals surface area contributed by atoms with E-state index in [2.05, 4.69) is 38.6 Å². The molecule has 0 fully saturated rings. The highest BCUT2D eigenvalue weighted by Gasteiger charge is 2.08. The first-order valence-electron chi connectivity index (χ1n) is 5.47. The summed E-state index contributed by atoms with van der Waals surface area (Å²) in [6.45, 7) is 10.7. The van der Waals surface area contributed by atoms with Gasteiger partial charge in [0.15, 0.2) is 0 Å². The zero-order valence-electron chi connectivity index (χ0n) is 10.3. The summed E-state index contributed by atoms with van der Waals surface area (Å²) >= 11 is 0. The Kier molecular flexibility index (Phi) is 4.29. The molecule has 1 amide bonds. The fraction of sp³-hybridized carbons (Fsp3) is 0.357. The fourth-order valence-corrected chi connectivity index (χ4v) is 1.69. The molecule has 0 heterocycles. The normalized spacial score (nSPS) is 9.94. The minimum absolute atomic E-state index is 0.0832. The average molecular weight is 217 g/mol. The van der Waals surface area contributed by atoms with Crippen LogP contribution >= 0.6 is 0 Å². The lowest BCUT2D eigenvalue weighted by atomic mass is 10.1. The molecule has 0 radical (unpaired) electrons. The zero-order valence-corrected chi connectivity index (χ0v) is 10.3. The van der Waals surface area contributed by atoms with Crippen LogP contribution in [0.3, 0.4) is 0 Å². The van der Waals surface area contributed by atoms with E-state index in [9.17, 15) is 4.79 Å². The van der Waals surface area contributed by atoms with Crippen LogP contribution in [0.5, 0.6) is 0 Å². The quantitative estimate of drug-likeness (QED) is 0.710. The van der Waals surface area contributed by atoms with Crippen molar-refractivity contribution in [2.75, 3.05) is 6.54 Å². The number of carbonyl (C=O) groups excluding carboxylic acids is 1. The van der Waals surface area contributed by atoms with E-state index in [-0.39, 0.29) is 5.91 Å². The van der Waals surface area contributed by atoms with Gasteiger partial charge in [-0.3, -0.25) is 4.79 Å². The highest BCUT2D eigenvalue weighted by molar-refractivity contribution is 5.73. The van der Waals surface area contributed by atoms with Crippen LogP contribution in [0, 0.1) is 13.8 Å². The number of hydrogen-bond donors (Lipinski definition) is 0. The Morgan fingerprint density at radius 3 is 2.62 bits per heavy atom. The number of carbonyl (C=O) groups is 1. The smallest absolute Gasteiger partial charge is 0.220 e. The summed E-state index contributed by atoms with van der Waals surface area (Å²) < 4.78 is 0. The molecule has 0 saturated carbocycles. The van der Waals surface area contributed by atoms with Gasteiger partial charge in [-0.1, -0.05) is 29.8 Å². The number of rotatable bonds is 4. The van der Waals surface area contributed by atoms with E-state index in [0.29, 0.717) is 13.1 Å². The molecule has 0 unspecified atom stereocenters. The minimum atomic E-state index is 0.0832. The van der Waals surface area contributed by atoms with E-state index in [4.69, 9.17) is 0 Å². The molecular formula is C14H19NO. The molecule has 0 atom stereocenters. The van der Waals surface area contributed by atoms with Crippen molar-refractivity contribution in [1.29, 1.82) is 0 Å². The Labute approximate surface area is 97.6 Å². The van der Waals surface area contributed by atoms with Crippen molar-refractivity contribution in [3.05, 3.63) is 47.5 Å². The largest absolute Gasteiger partial charge is 0.335 e. The van der Waals surface area contributed by atoms with Crippen LogP contribution < -0.4 is 0 Å². The van der Waals surface area contributed by atoms with Crippen molar-refractivity contribution >= 4 is 5.91 Å². The first-order valence-corrected chi connectivity index (χ1v) is 5.47. The van der Waals surface area contributed by atoms with Gasteiger partial charge in [0.25, 0.3) is 0 Å². The molecule has 0 aromatic heterocycles. The molecule has 0 spiro atoms. The Balaban J connectivity index is 2.84. The molecule has 1 aromatic carbocycles. The SMILES string of the molecule is C=CCN(Cc1ccc(C)cc1C)C(C)=O. The summed E-state index contributed by atoms with van der Waals surface area (Å²) in [6.07, 6.45) is 1.75. The molecule has 16 heavy (non-hydrogen) atoms. The van der Waals surface area contributed by atoms with Crippen molar-refractivity contribution in [3.8, 4) is 0 Å². The number of amides is 1. The minimum Gasteiger partial charge on any atom is -0.335 e. The van der Waals surface area contributed by atoms with Crippen molar-refractivity contribution in [1.82, 2.24) is 4.90 Å². The Morgan fingerprint density at radius 1 is 1.44 bits per heavy atom. The standard InChI is InChI=1S/C14H19NO/c1-5-8-15(13(4)16)10-14-7-6-11(2)9-12(14)3/h5-7,9H,1,8,10H2,2-4H3. The second-order valence-electron chi connectivity index (χ2n) is 4.12. The maximum atomic E-state index is 11.4. The predicted molar refractivity (Wildman–Crippen MR) is 67.2 cm³/mol. The van der Waals surface area contributed by atoms with Gasteiger partial charge >= 0.3 is 0 Å². The van der Waals surface area contributed by atoms with E-state index in [0.717, 1.165) is 0 Å². The van der Waals surface area contributed by atoms with E-state index in [1.54, 1.807) is 17.9 Å². The highest BCUT2D eigenvalue weighted by atomic mass is 16.2. The third-order valence-electron chi connectivity index (χ3n) is 2.65. The molecule has 1 rings (SSSR count). The van der Waals surface area contributed by atoms with Gasteiger partial charge in [-0.2, -0.15) is 0 Å². The maximum Gasteiger partial charge on any atom is 0.220 e. The van der Waals surface area contributed by atoms with Crippen LogP contribution in [0.1, 0.15) is 23.6 Å². The van der Waals surface area contributed by atoms with Gasteiger partial charge < -0.3 is 4.90 Å². The Hall–Kier alpha value is -1.57. The first kappa shape index (κ1) is 12.5. The van der Waals surface area contributed by atoms with Gasteiger partial charge in [0.1, 0.15) is 0 Å². The van der Waals surface area contributed by atoms with E-state index in [1.165, 1.54) is 16.7 Å². The highest BCUT2D eigenvalue weighted by Crippen LogP contribution is 2.13. The molecule has 0 bridgehead atoms. The lowest BCUT2D eigenvalue weighted by molar-refractivity contribution is -0.128. The number of hydrogen-bond acceptors (Lipinski definition) is 1. The first-order chi connectivity index (χ1) is 7.54. The van der Waals surface area contributed by atoms with Gasteiger partial charge in [-0.25, -0.2) is 0 Å². The number of nitrogens with zero attached hydrogens (tertiary/aromatic N) is 1. The van der Waals surface area contributed by atoms with Crippen LogP contribution in [-0.4, -0.2) is 17.4 Å². The molecule has 0 aliphatic rings. The summed E-state index contributed by atoms with van der Waals surface area (Å²) in [6, 6.07) is 6.31. The van der Waals surface area contributed by atoms with E-state index >= 15 is 0 Å². The van der Waals surface area contributed by atoms with Gasteiger partial charge in [0.2, 0.25) is 5.91 Å². The summed E-state index contributed by atoms with van der Waals surface area (Å²) in [7, 11) is 0. The number of benzene rings is 1. The third kappa shape index (κ3) is 3.23. The second kappa shape index (κ2) is 5.50. The Bertz CT molecular complexity index is 396. The molecule has 0 saturated heterocycles. The van der Waals surface area contributed by atoms with Crippen LogP contribution in [0.25, 0.3) is 0 Å². The molecule has 0 N–H and O–H groups in total. The van der Waals surface area contributed by atoms with Gasteiger partial charge in [0, 0.05) is 20.0 Å². The van der Waals surface area contributed by atoms with Crippen molar-refractivity contribution in [2.45, 2.75) is 27.3 Å². The topological polar surface area (TPSA) is 20.3 Å². The second-order valence-corrected chi connectivity index (χ2v) is 4.12. The molecular weight excluding hydrogens is 198 g/mol. The molecule has 2 heteroatoms. The molecule has 86 valence electrons. The summed E-state index contributed by atoms with van der Waals surface area (Å²) in [5.74, 6) is 0.0832. The van der Waals surface area contributed by atoms with Gasteiger partial charge in [-0.05, 0) is 25.0 Å². The van der Waals surface area contributed by atoms with Crippen LogP contribution in [0.15, 0.2) is 30.9 Å². The summed E-state index contributed by atoms with van der Waals surface area (Å²) in [5.41, 5.74) is 3.68. The predicted octanol–water partition coefficient (Wildman–Crippen LogP) is 2.84. The average Bonchev–Trinajstić information content (AvgIpc) is 2.20. The van der Waals surface area contributed by atoms with Crippen LogP contribution in [0.2, 0.25) is 0 Å². The molecule has 1 aromatic rings. The molecule has 0 aliphatic heterocycles. The Morgan fingerprint density at radius 2 is 2.12 bits per heavy atom. The number of aryl methyl sites for hydroxylation is 2.